The van der Waals surface area contributed by atoms with Crippen LogP contribution in [-0.2, 0) is 11.0 Å². The fourth-order valence-electron chi connectivity index (χ4n) is 1.79. The summed E-state index contributed by atoms with van der Waals surface area (Å²) >= 11 is 0. The number of alkyl halides is 3. The van der Waals surface area contributed by atoms with Crippen LogP contribution >= 0.6 is 0 Å². The zero-order valence-corrected chi connectivity index (χ0v) is 11.4. The molecule has 0 atom stereocenters. The Morgan fingerprint density at radius 3 is 2.60 bits per heavy atom. The van der Waals surface area contributed by atoms with Gasteiger partial charge in [-0.3, -0.25) is 9.69 Å². The molecular formula is C13H18F3N3O. The summed E-state index contributed by atoms with van der Waals surface area (Å²) in [5.41, 5.74) is 4.06. The summed E-state index contributed by atoms with van der Waals surface area (Å²) in [6.45, 7) is 2.84. The van der Waals surface area contributed by atoms with Crippen LogP contribution in [0.5, 0.6) is 0 Å². The number of amides is 1. The number of halogens is 3. The molecule has 7 heteroatoms. The van der Waals surface area contributed by atoms with Gasteiger partial charge < -0.3 is 11.1 Å². The molecule has 1 aromatic carbocycles. The predicted octanol–water partition coefficient (Wildman–Crippen LogP) is 2.57. The number of carbonyl (C=O) groups is 1. The van der Waals surface area contributed by atoms with Crippen molar-refractivity contribution in [3.63, 3.8) is 0 Å². The van der Waals surface area contributed by atoms with E-state index in [2.05, 4.69) is 5.32 Å². The Morgan fingerprint density at radius 2 is 2.05 bits per heavy atom. The predicted molar refractivity (Wildman–Crippen MR) is 72.3 cm³/mol. The highest BCUT2D eigenvalue weighted by molar-refractivity contribution is 5.92. The molecule has 0 aromatic heterocycles. The maximum atomic E-state index is 12.7. The summed E-state index contributed by atoms with van der Waals surface area (Å²) in [7, 11) is 1.77. The third kappa shape index (κ3) is 4.73. The van der Waals surface area contributed by atoms with Gasteiger partial charge in [0.1, 0.15) is 0 Å². The summed E-state index contributed by atoms with van der Waals surface area (Å²) < 4.78 is 38.0. The normalized spacial score (nSPS) is 11.7. The van der Waals surface area contributed by atoms with E-state index in [1.807, 2.05) is 6.92 Å². The summed E-state index contributed by atoms with van der Waals surface area (Å²) in [5, 5.41) is 2.43. The number of benzene rings is 1. The molecule has 0 bridgehead atoms. The number of likely N-dealkylation sites (N-methyl/N-ethyl adjacent to an activating group) is 1. The van der Waals surface area contributed by atoms with Crippen molar-refractivity contribution in [2.24, 2.45) is 0 Å². The third-order valence-electron chi connectivity index (χ3n) is 2.66. The Bertz CT molecular complexity index is 474. The molecule has 0 unspecified atom stereocenters. The molecule has 1 rings (SSSR count). The van der Waals surface area contributed by atoms with Crippen LogP contribution in [-0.4, -0.2) is 30.9 Å². The van der Waals surface area contributed by atoms with Gasteiger partial charge in [-0.1, -0.05) is 6.92 Å². The van der Waals surface area contributed by atoms with Crippen molar-refractivity contribution >= 4 is 17.3 Å². The van der Waals surface area contributed by atoms with E-state index in [0.717, 1.165) is 25.1 Å². The van der Waals surface area contributed by atoms with Crippen LogP contribution in [0, 0.1) is 0 Å². The van der Waals surface area contributed by atoms with E-state index in [9.17, 15) is 18.0 Å². The number of anilines is 2. The van der Waals surface area contributed by atoms with Gasteiger partial charge in [-0.05, 0) is 38.2 Å². The zero-order chi connectivity index (χ0) is 15.3. The molecule has 1 aromatic rings. The molecule has 0 saturated heterocycles. The van der Waals surface area contributed by atoms with Crippen LogP contribution in [0.2, 0.25) is 0 Å². The lowest BCUT2D eigenvalue weighted by molar-refractivity contribution is -0.136. The summed E-state index contributed by atoms with van der Waals surface area (Å²) in [6.07, 6.45) is -3.65. The number of nitrogen functional groups attached to an aromatic ring is 1. The number of nitrogens with zero attached hydrogens (tertiary/aromatic N) is 1. The van der Waals surface area contributed by atoms with Crippen molar-refractivity contribution < 1.29 is 18.0 Å². The SMILES string of the molecule is CCCN(C)CC(=O)Nc1ccc(N)c(C(F)(F)F)c1. The van der Waals surface area contributed by atoms with Crippen LogP contribution in [0.25, 0.3) is 0 Å². The standard InChI is InChI=1S/C13H18F3N3O/c1-3-6-19(2)8-12(20)18-9-4-5-11(17)10(7-9)13(14,15)16/h4-5,7H,3,6,8,17H2,1-2H3,(H,18,20). The molecule has 0 aliphatic heterocycles. The molecule has 20 heavy (non-hydrogen) atoms. The first kappa shape index (κ1) is 16.3. The molecule has 3 N–H and O–H groups in total. The van der Waals surface area contributed by atoms with Gasteiger partial charge in [0.25, 0.3) is 0 Å². The van der Waals surface area contributed by atoms with E-state index in [0.29, 0.717) is 0 Å². The summed E-state index contributed by atoms with van der Waals surface area (Å²) in [6, 6.07) is 3.32. The first-order valence-electron chi connectivity index (χ1n) is 6.19. The number of rotatable bonds is 5. The van der Waals surface area contributed by atoms with Crippen molar-refractivity contribution in [2.75, 3.05) is 31.2 Å². The Balaban J connectivity index is 2.76. The van der Waals surface area contributed by atoms with Crippen molar-refractivity contribution in [3.8, 4) is 0 Å². The Kier molecular flexibility index (Phi) is 5.38. The number of hydrogen-bond donors (Lipinski definition) is 2. The number of nitrogens with two attached hydrogens (primary N) is 1. The van der Waals surface area contributed by atoms with Gasteiger partial charge in [-0.25, -0.2) is 0 Å². The topological polar surface area (TPSA) is 58.4 Å². The lowest BCUT2D eigenvalue weighted by atomic mass is 10.1. The molecule has 112 valence electrons. The average molecular weight is 289 g/mol. The molecule has 4 nitrogen and oxygen atoms in total. The Morgan fingerprint density at radius 1 is 1.40 bits per heavy atom. The van der Waals surface area contributed by atoms with E-state index in [4.69, 9.17) is 5.73 Å². The minimum Gasteiger partial charge on any atom is -0.398 e. The largest absolute Gasteiger partial charge is 0.418 e. The number of hydrogen-bond acceptors (Lipinski definition) is 3. The molecule has 0 saturated carbocycles. The van der Waals surface area contributed by atoms with Crippen molar-refractivity contribution in [2.45, 2.75) is 19.5 Å². The van der Waals surface area contributed by atoms with E-state index >= 15 is 0 Å². The zero-order valence-electron chi connectivity index (χ0n) is 11.4. The highest BCUT2D eigenvalue weighted by atomic mass is 19.4. The fraction of sp³-hybridized carbons (Fsp3) is 0.462. The number of nitrogens with one attached hydrogen (secondary N) is 1. The van der Waals surface area contributed by atoms with Crippen LogP contribution in [0.1, 0.15) is 18.9 Å². The van der Waals surface area contributed by atoms with Crippen LogP contribution in [0.3, 0.4) is 0 Å². The fourth-order valence-corrected chi connectivity index (χ4v) is 1.79. The Labute approximate surface area is 115 Å². The molecule has 0 heterocycles. The minimum atomic E-state index is -4.54. The lowest BCUT2D eigenvalue weighted by Gasteiger charge is -2.16. The van der Waals surface area contributed by atoms with Crippen LogP contribution < -0.4 is 11.1 Å². The van der Waals surface area contributed by atoms with Gasteiger partial charge >= 0.3 is 6.18 Å². The highest BCUT2D eigenvalue weighted by Gasteiger charge is 2.33. The van der Waals surface area contributed by atoms with E-state index in [1.54, 1.807) is 11.9 Å². The van der Waals surface area contributed by atoms with Gasteiger partial charge in [0.05, 0.1) is 12.1 Å². The van der Waals surface area contributed by atoms with Crippen molar-refractivity contribution in [1.29, 1.82) is 0 Å². The molecule has 0 fully saturated rings. The van der Waals surface area contributed by atoms with E-state index in [1.165, 1.54) is 6.07 Å². The molecule has 0 spiro atoms. The lowest BCUT2D eigenvalue weighted by Crippen LogP contribution is -2.30. The molecule has 0 radical (unpaired) electrons. The van der Waals surface area contributed by atoms with Gasteiger partial charge in [-0.2, -0.15) is 13.2 Å². The maximum Gasteiger partial charge on any atom is 0.418 e. The maximum absolute atomic E-state index is 12.7. The third-order valence-corrected chi connectivity index (χ3v) is 2.66. The molecule has 0 aliphatic rings. The highest BCUT2D eigenvalue weighted by Crippen LogP contribution is 2.35. The van der Waals surface area contributed by atoms with Crippen molar-refractivity contribution in [3.05, 3.63) is 23.8 Å². The van der Waals surface area contributed by atoms with Gasteiger partial charge in [0.15, 0.2) is 0 Å². The van der Waals surface area contributed by atoms with Gasteiger partial charge in [-0.15, -0.1) is 0 Å². The van der Waals surface area contributed by atoms with Crippen LogP contribution in [0.15, 0.2) is 18.2 Å². The quantitative estimate of drug-likeness (QED) is 0.819. The smallest absolute Gasteiger partial charge is 0.398 e. The number of carbonyl (C=O) groups excluding carboxylic acids is 1. The summed E-state index contributed by atoms with van der Waals surface area (Å²) in [5.74, 6) is -0.362. The molecular weight excluding hydrogens is 271 g/mol. The van der Waals surface area contributed by atoms with Gasteiger partial charge in [0.2, 0.25) is 5.91 Å². The Hall–Kier alpha value is -1.76. The van der Waals surface area contributed by atoms with E-state index in [-0.39, 0.29) is 23.8 Å². The molecule has 0 aliphatic carbocycles. The average Bonchev–Trinajstić information content (AvgIpc) is 2.30. The second kappa shape index (κ2) is 6.60. The van der Waals surface area contributed by atoms with Gasteiger partial charge in [0, 0.05) is 11.4 Å². The van der Waals surface area contributed by atoms with E-state index < -0.39 is 11.7 Å². The second-order valence-corrected chi connectivity index (χ2v) is 4.59. The second-order valence-electron chi connectivity index (χ2n) is 4.59. The first-order chi connectivity index (χ1) is 9.24. The van der Waals surface area contributed by atoms with Crippen molar-refractivity contribution in [1.82, 2.24) is 4.90 Å². The monoisotopic (exact) mass is 289 g/mol. The molecule has 1 amide bonds. The minimum absolute atomic E-state index is 0.0847. The first-order valence-corrected chi connectivity index (χ1v) is 6.19. The van der Waals surface area contributed by atoms with Crippen LogP contribution in [0.4, 0.5) is 24.5 Å². The summed E-state index contributed by atoms with van der Waals surface area (Å²) in [4.78, 5) is 13.5.